The molecule has 34 heavy (non-hydrogen) atoms. The maximum atomic E-state index is 13.4. The number of carbonyl (C=O) groups is 1. The molecule has 0 aliphatic carbocycles. The molecule has 0 spiro atoms. The molecule has 5 nitrogen and oxygen atoms in total. The number of halogens is 2. The summed E-state index contributed by atoms with van der Waals surface area (Å²) in [6, 6.07) is 12.1. The summed E-state index contributed by atoms with van der Waals surface area (Å²) >= 11 is 12.6. The molecule has 2 aliphatic rings. The predicted molar refractivity (Wildman–Crippen MR) is 139 cm³/mol. The smallest absolute Gasteiger partial charge is 0.227 e. The first-order valence-corrected chi connectivity index (χ1v) is 12.8. The second-order valence-corrected chi connectivity index (χ2v) is 10.7. The fourth-order valence-corrected chi connectivity index (χ4v) is 5.41. The van der Waals surface area contributed by atoms with Crippen molar-refractivity contribution >= 4 is 29.1 Å². The van der Waals surface area contributed by atoms with Crippen LogP contribution in [-0.2, 0) is 21.6 Å². The first-order valence-electron chi connectivity index (χ1n) is 12.1. The fraction of sp³-hybridized carbons (Fsp3) is 0.519. The lowest BCUT2D eigenvalue weighted by Gasteiger charge is -2.44. The van der Waals surface area contributed by atoms with Crippen LogP contribution in [0.1, 0.15) is 28.7 Å². The van der Waals surface area contributed by atoms with Gasteiger partial charge in [0.25, 0.3) is 0 Å². The molecule has 0 aromatic heterocycles. The number of hydrogen-bond donors (Lipinski definition) is 0. The van der Waals surface area contributed by atoms with Gasteiger partial charge in [-0.1, -0.05) is 58.6 Å². The summed E-state index contributed by atoms with van der Waals surface area (Å²) in [5.41, 5.74) is 3.81. The van der Waals surface area contributed by atoms with E-state index in [-0.39, 0.29) is 5.91 Å². The van der Waals surface area contributed by atoms with Gasteiger partial charge in [0.15, 0.2) is 0 Å². The lowest BCUT2D eigenvalue weighted by Crippen LogP contribution is -2.54. The molecule has 0 radical (unpaired) electrons. The van der Waals surface area contributed by atoms with Gasteiger partial charge in [-0.15, -0.1) is 0 Å². The normalized spacial score (nSPS) is 22.2. The Morgan fingerprint density at radius 2 is 1.68 bits per heavy atom. The highest BCUT2D eigenvalue weighted by Crippen LogP contribution is 2.37. The minimum Gasteiger partial charge on any atom is -0.367 e. The molecule has 7 heteroatoms. The fourth-order valence-electron chi connectivity index (χ4n) is 5.11. The molecule has 1 atom stereocenters. The number of benzene rings is 2. The predicted octanol–water partition coefficient (Wildman–Crippen LogP) is 4.54. The zero-order chi connectivity index (χ0) is 24.3. The van der Waals surface area contributed by atoms with E-state index in [0.717, 1.165) is 50.3 Å². The molecule has 2 heterocycles. The Bertz CT molecular complexity index is 1000. The summed E-state index contributed by atoms with van der Waals surface area (Å²) in [7, 11) is 2.16. The summed E-state index contributed by atoms with van der Waals surface area (Å²) < 4.78 is 6.49. The zero-order valence-electron chi connectivity index (χ0n) is 20.4. The maximum Gasteiger partial charge on any atom is 0.227 e. The van der Waals surface area contributed by atoms with Crippen LogP contribution in [0.25, 0.3) is 0 Å². The van der Waals surface area contributed by atoms with E-state index >= 15 is 0 Å². The third-order valence-electron chi connectivity index (χ3n) is 7.05. The molecule has 2 fully saturated rings. The first kappa shape index (κ1) is 25.5. The lowest BCUT2D eigenvalue weighted by molar-refractivity contribution is -0.154. The molecule has 1 unspecified atom stereocenters. The van der Waals surface area contributed by atoms with Gasteiger partial charge in [0, 0.05) is 39.3 Å². The summed E-state index contributed by atoms with van der Waals surface area (Å²) in [6.45, 7) is 10.9. The SMILES string of the molecule is Cc1cc(C)cc(CC(=O)N2CCOC(CCN3CCN(C)CC3)(c3ccc(Cl)c(Cl)c3)C2)c1. The molecule has 4 rings (SSSR count). The minimum atomic E-state index is -0.603. The van der Waals surface area contributed by atoms with Crippen molar-refractivity contribution in [3.8, 4) is 0 Å². The van der Waals surface area contributed by atoms with Gasteiger partial charge < -0.3 is 19.4 Å². The van der Waals surface area contributed by atoms with Crippen molar-refractivity contribution in [3.63, 3.8) is 0 Å². The second kappa shape index (κ2) is 11.0. The van der Waals surface area contributed by atoms with Crippen LogP contribution in [0.3, 0.4) is 0 Å². The highest BCUT2D eigenvalue weighted by molar-refractivity contribution is 6.42. The third kappa shape index (κ3) is 6.13. The van der Waals surface area contributed by atoms with Crippen molar-refractivity contribution in [2.45, 2.75) is 32.3 Å². The van der Waals surface area contributed by atoms with Crippen molar-refractivity contribution in [2.24, 2.45) is 0 Å². The minimum absolute atomic E-state index is 0.136. The van der Waals surface area contributed by atoms with Crippen molar-refractivity contribution in [2.75, 3.05) is 59.5 Å². The van der Waals surface area contributed by atoms with E-state index in [9.17, 15) is 4.79 Å². The monoisotopic (exact) mass is 503 g/mol. The Morgan fingerprint density at radius 1 is 0.971 bits per heavy atom. The van der Waals surface area contributed by atoms with Crippen molar-refractivity contribution in [1.82, 2.24) is 14.7 Å². The topological polar surface area (TPSA) is 36.0 Å². The lowest BCUT2D eigenvalue weighted by atomic mass is 9.87. The van der Waals surface area contributed by atoms with Crippen molar-refractivity contribution < 1.29 is 9.53 Å². The Kier molecular flexibility index (Phi) is 8.21. The van der Waals surface area contributed by atoms with Crippen LogP contribution in [0.4, 0.5) is 0 Å². The quantitative estimate of drug-likeness (QED) is 0.579. The Hall–Kier alpha value is -1.63. The van der Waals surface area contributed by atoms with E-state index < -0.39 is 5.60 Å². The van der Waals surface area contributed by atoms with Gasteiger partial charge >= 0.3 is 0 Å². The number of amides is 1. The van der Waals surface area contributed by atoms with Gasteiger partial charge in [0.2, 0.25) is 5.91 Å². The zero-order valence-corrected chi connectivity index (χ0v) is 22.0. The largest absolute Gasteiger partial charge is 0.367 e. The molecule has 2 aromatic carbocycles. The number of nitrogens with zero attached hydrogens (tertiary/aromatic N) is 3. The molecular weight excluding hydrogens is 469 g/mol. The number of morpholine rings is 1. The van der Waals surface area contributed by atoms with E-state index in [1.807, 2.05) is 23.1 Å². The number of piperazine rings is 1. The van der Waals surface area contributed by atoms with Crippen LogP contribution >= 0.6 is 23.2 Å². The highest BCUT2D eigenvalue weighted by Gasteiger charge is 2.40. The van der Waals surface area contributed by atoms with Crippen LogP contribution in [0, 0.1) is 13.8 Å². The number of carbonyl (C=O) groups excluding carboxylic acids is 1. The van der Waals surface area contributed by atoms with Gasteiger partial charge in [-0.3, -0.25) is 4.79 Å². The molecule has 184 valence electrons. The summed E-state index contributed by atoms with van der Waals surface area (Å²) in [4.78, 5) is 20.2. The van der Waals surface area contributed by atoms with Crippen molar-refractivity contribution in [3.05, 3.63) is 68.7 Å². The van der Waals surface area contributed by atoms with Crippen LogP contribution < -0.4 is 0 Å². The summed E-state index contributed by atoms with van der Waals surface area (Å²) in [5, 5.41) is 1.04. The average Bonchev–Trinajstić information content (AvgIpc) is 2.80. The molecule has 0 bridgehead atoms. The summed E-state index contributed by atoms with van der Waals surface area (Å²) in [6.07, 6.45) is 1.19. The third-order valence-corrected chi connectivity index (χ3v) is 7.79. The van der Waals surface area contributed by atoms with E-state index in [2.05, 4.69) is 48.9 Å². The van der Waals surface area contributed by atoms with E-state index in [0.29, 0.717) is 36.2 Å². The van der Waals surface area contributed by atoms with E-state index in [4.69, 9.17) is 27.9 Å². The number of rotatable bonds is 6. The number of ether oxygens (including phenoxy) is 1. The molecule has 1 amide bonds. The number of hydrogen-bond acceptors (Lipinski definition) is 4. The Labute approximate surface area is 213 Å². The number of likely N-dealkylation sites (N-methyl/N-ethyl adjacent to an activating group) is 1. The Balaban J connectivity index is 1.54. The van der Waals surface area contributed by atoms with Crippen LogP contribution in [-0.4, -0.2) is 80.1 Å². The van der Waals surface area contributed by atoms with E-state index in [1.165, 1.54) is 11.1 Å². The second-order valence-electron chi connectivity index (χ2n) is 9.85. The molecule has 2 aliphatic heterocycles. The van der Waals surface area contributed by atoms with Gasteiger partial charge in [0.05, 0.1) is 29.6 Å². The highest BCUT2D eigenvalue weighted by atomic mass is 35.5. The molecule has 0 N–H and O–H groups in total. The maximum absolute atomic E-state index is 13.4. The molecule has 2 saturated heterocycles. The first-order chi connectivity index (χ1) is 16.2. The van der Waals surface area contributed by atoms with E-state index in [1.54, 1.807) is 0 Å². The van der Waals surface area contributed by atoms with Crippen LogP contribution in [0.15, 0.2) is 36.4 Å². The van der Waals surface area contributed by atoms with Crippen LogP contribution in [0.5, 0.6) is 0 Å². The average molecular weight is 505 g/mol. The van der Waals surface area contributed by atoms with Crippen LogP contribution in [0.2, 0.25) is 10.0 Å². The van der Waals surface area contributed by atoms with Gasteiger partial charge in [-0.2, -0.15) is 0 Å². The van der Waals surface area contributed by atoms with Gasteiger partial charge in [-0.05, 0) is 50.6 Å². The van der Waals surface area contributed by atoms with Gasteiger partial charge in [-0.25, -0.2) is 0 Å². The van der Waals surface area contributed by atoms with Crippen molar-refractivity contribution in [1.29, 1.82) is 0 Å². The molecular formula is C27H35Cl2N3O2. The molecule has 2 aromatic rings. The Morgan fingerprint density at radius 3 is 2.35 bits per heavy atom. The number of aryl methyl sites for hydroxylation is 2. The standard InChI is InChI=1S/C27H35Cl2N3O2/c1-20-14-21(2)16-22(15-20)17-26(33)32-12-13-34-27(19-32,23-4-5-24(28)25(29)18-23)6-7-31-10-8-30(3)9-11-31/h4-5,14-16,18H,6-13,17,19H2,1-3H3. The molecule has 0 saturated carbocycles. The summed E-state index contributed by atoms with van der Waals surface area (Å²) in [5.74, 6) is 0.136. The van der Waals surface area contributed by atoms with Gasteiger partial charge in [0.1, 0.15) is 5.60 Å².